The molecular weight excluding hydrogens is 410 g/mol. The Morgan fingerprint density at radius 1 is 0.455 bits per heavy atom. The number of nitrogens with one attached hydrogen (secondary N) is 1. The van der Waals surface area contributed by atoms with Gasteiger partial charge in [0.25, 0.3) is 0 Å². The monoisotopic (exact) mass is 482 g/mol. The molecule has 1 saturated heterocycles. The number of rotatable bonds is 3. The highest BCUT2D eigenvalue weighted by Gasteiger charge is 2.11. The quantitative estimate of drug-likeness (QED) is 0.329. The molecule has 4 nitrogen and oxygen atoms in total. The fourth-order valence-corrected chi connectivity index (χ4v) is 3.80. The van der Waals surface area contributed by atoms with Crippen LogP contribution < -0.4 is 5.32 Å². The molecule has 0 atom stereocenters. The van der Waals surface area contributed by atoms with Gasteiger partial charge in [0.2, 0.25) is 0 Å². The van der Waals surface area contributed by atoms with Crippen molar-refractivity contribution in [3.63, 3.8) is 0 Å². The maximum atomic E-state index is 8.69. The van der Waals surface area contributed by atoms with Crippen molar-refractivity contribution in [1.29, 1.82) is 0 Å². The van der Waals surface area contributed by atoms with Crippen LogP contribution in [0.5, 0.6) is 0 Å². The minimum absolute atomic E-state index is 0. The third kappa shape index (κ3) is 31.8. The molecule has 0 radical (unpaired) electrons. The standard InChI is InChI=1S/2C7H14O.C6H13NO.3C2H6.3CH4/c2*8-6-7-4-2-1-3-5-7;8-5-6-1-3-7-4-2-6;3*1-2;;;/h2*7-8H,1-6H2;6-8H,1-5H2;3*1-2H3;3*1H4. The third-order valence-electron chi connectivity index (χ3n) is 5.68. The van der Waals surface area contributed by atoms with E-state index in [9.17, 15) is 0 Å². The lowest BCUT2D eigenvalue weighted by Crippen LogP contribution is -2.29. The van der Waals surface area contributed by atoms with Gasteiger partial charge in [-0.1, -0.05) is 102 Å². The van der Waals surface area contributed by atoms with Gasteiger partial charge >= 0.3 is 0 Å². The number of aliphatic hydroxyl groups excluding tert-OH is 3. The van der Waals surface area contributed by atoms with Gasteiger partial charge in [-0.25, -0.2) is 0 Å². The molecule has 0 amide bonds. The lowest BCUT2D eigenvalue weighted by molar-refractivity contribution is 0.190. The summed E-state index contributed by atoms with van der Waals surface area (Å²) in [4.78, 5) is 0. The van der Waals surface area contributed by atoms with Crippen molar-refractivity contribution in [3.05, 3.63) is 0 Å². The SMILES string of the molecule is C.C.C.CC.CC.CC.OCC1CCCCC1.OCC1CCCCC1.OCC1CCNCC1. The number of aliphatic hydroxyl groups is 3. The van der Waals surface area contributed by atoms with Gasteiger partial charge in [0.05, 0.1) is 0 Å². The van der Waals surface area contributed by atoms with Gasteiger partial charge in [-0.3, -0.25) is 0 Å². The van der Waals surface area contributed by atoms with Crippen LogP contribution in [0.25, 0.3) is 0 Å². The Balaban J connectivity index is -0.0000000713. The van der Waals surface area contributed by atoms with E-state index in [0.29, 0.717) is 37.6 Å². The molecule has 33 heavy (non-hydrogen) atoms. The van der Waals surface area contributed by atoms with Crippen LogP contribution in [0.4, 0.5) is 0 Å². The van der Waals surface area contributed by atoms with Crippen molar-refractivity contribution in [3.8, 4) is 0 Å². The Labute approximate surface area is 212 Å². The molecule has 4 N–H and O–H groups in total. The Hall–Kier alpha value is -0.160. The predicted molar refractivity (Wildman–Crippen MR) is 154 cm³/mol. The first-order chi connectivity index (χ1) is 14.8. The molecule has 3 rings (SSSR count). The van der Waals surface area contributed by atoms with Gasteiger partial charge in [-0.05, 0) is 69.4 Å². The van der Waals surface area contributed by atoms with Crippen LogP contribution in [-0.4, -0.2) is 48.2 Å². The second-order valence-electron chi connectivity index (χ2n) is 7.75. The molecule has 4 heteroatoms. The molecule has 0 unspecified atom stereocenters. The predicted octanol–water partition coefficient (Wildman–Crippen LogP) is 8.08. The third-order valence-corrected chi connectivity index (χ3v) is 5.68. The molecule has 0 aromatic carbocycles. The van der Waals surface area contributed by atoms with Crippen LogP contribution in [-0.2, 0) is 0 Å². The normalized spacial score (nSPS) is 17.7. The van der Waals surface area contributed by atoms with E-state index in [1.807, 2.05) is 41.5 Å². The fraction of sp³-hybridized carbons (Fsp3) is 1.00. The largest absolute Gasteiger partial charge is 0.396 e. The zero-order valence-electron chi connectivity index (χ0n) is 21.6. The van der Waals surface area contributed by atoms with E-state index in [1.54, 1.807) is 0 Å². The Kier molecular flexibility index (Phi) is 58.9. The number of hydrogen-bond donors (Lipinski definition) is 4. The van der Waals surface area contributed by atoms with E-state index >= 15 is 0 Å². The molecule has 3 aliphatic rings. The van der Waals surface area contributed by atoms with Gasteiger partial charge in [0.15, 0.2) is 0 Å². The molecule has 1 heterocycles. The maximum Gasteiger partial charge on any atom is 0.0460 e. The second kappa shape index (κ2) is 42.0. The van der Waals surface area contributed by atoms with Crippen molar-refractivity contribution >= 4 is 0 Å². The van der Waals surface area contributed by atoms with Crippen LogP contribution in [0.15, 0.2) is 0 Å². The molecule has 0 aromatic heterocycles. The number of piperidine rings is 1. The lowest BCUT2D eigenvalue weighted by atomic mass is 9.90. The minimum atomic E-state index is 0. The zero-order chi connectivity index (χ0) is 23.5. The zero-order valence-corrected chi connectivity index (χ0v) is 21.6. The Morgan fingerprint density at radius 2 is 0.697 bits per heavy atom. The Bertz CT molecular complexity index is 217. The summed E-state index contributed by atoms with van der Waals surface area (Å²) < 4.78 is 0. The van der Waals surface area contributed by atoms with Crippen LogP contribution in [0.3, 0.4) is 0 Å². The molecule has 0 spiro atoms. The summed E-state index contributed by atoms with van der Waals surface area (Å²) in [5, 5.41) is 29.3. The van der Waals surface area contributed by atoms with E-state index < -0.39 is 0 Å². The summed E-state index contributed by atoms with van der Waals surface area (Å²) in [5.41, 5.74) is 0. The lowest BCUT2D eigenvalue weighted by Gasteiger charge is -2.19. The first-order valence-electron chi connectivity index (χ1n) is 13.3. The summed E-state index contributed by atoms with van der Waals surface area (Å²) in [6.07, 6.45) is 15.5. The topological polar surface area (TPSA) is 72.7 Å². The summed E-state index contributed by atoms with van der Waals surface area (Å²) >= 11 is 0. The van der Waals surface area contributed by atoms with E-state index in [2.05, 4.69) is 5.32 Å². The highest BCUT2D eigenvalue weighted by molar-refractivity contribution is 4.66. The van der Waals surface area contributed by atoms with Crippen molar-refractivity contribution in [1.82, 2.24) is 5.32 Å². The van der Waals surface area contributed by atoms with Crippen LogP contribution in [0.1, 0.15) is 141 Å². The molecule has 2 aliphatic carbocycles. The molecule has 0 bridgehead atoms. The van der Waals surface area contributed by atoms with Crippen LogP contribution in [0, 0.1) is 17.8 Å². The molecule has 2 saturated carbocycles. The number of hydrogen-bond acceptors (Lipinski definition) is 4. The maximum absolute atomic E-state index is 8.69. The van der Waals surface area contributed by atoms with E-state index in [-0.39, 0.29) is 22.3 Å². The van der Waals surface area contributed by atoms with Gasteiger partial charge in [-0.15, -0.1) is 0 Å². The average molecular weight is 482 g/mol. The highest BCUT2D eigenvalue weighted by atomic mass is 16.3. The summed E-state index contributed by atoms with van der Waals surface area (Å²) in [6.45, 7) is 15.4. The summed E-state index contributed by atoms with van der Waals surface area (Å²) in [6, 6.07) is 0. The average Bonchev–Trinajstić information content (AvgIpc) is 2.90. The van der Waals surface area contributed by atoms with Crippen molar-refractivity contribution in [2.75, 3.05) is 32.9 Å². The van der Waals surface area contributed by atoms with E-state index in [1.165, 1.54) is 64.2 Å². The van der Waals surface area contributed by atoms with Gasteiger partial charge in [-0.2, -0.15) is 0 Å². The minimum Gasteiger partial charge on any atom is -0.396 e. The van der Waals surface area contributed by atoms with Crippen molar-refractivity contribution in [2.45, 2.75) is 141 Å². The van der Waals surface area contributed by atoms with E-state index in [4.69, 9.17) is 15.3 Å². The van der Waals surface area contributed by atoms with Crippen molar-refractivity contribution < 1.29 is 15.3 Å². The first kappa shape index (κ1) is 46.2. The first-order valence-corrected chi connectivity index (χ1v) is 13.3. The second-order valence-corrected chi connectivity index (χ2v) is 7.75. The molecule has 210 valence electrons. The molecule has 0 aromatic rings. The summed E-state index contributed by atoms with van der Waals surface area (Å²) in [5.74, 6) is 1.86. The van der Waals surface area contributed by atoms with E-state index in [0.717, 1.165) is 25.9 Å². The van der Waals surface area contributed by atoms with Gasteiger partial charge in [0.1, 0.15) is 0 Å². The summed E-state index contributed by atoms with van der Waals surface area (Å²) in [7, 11) is 0. The van der Waals surface area contributed by atoms with Gasteiger partial charge < -0.3 is 20.6 Å². The van der Waals surface area contributed by atoms with Crippen molar-refractivity contribution in [2.24, 2.45) is 17.8 Å². The van der Waals surface area contributed by atoms with Gasteiger partial charge in [0, 0.05) is 19.8 Å². The van der Waals surface area contributed by atoms with Crippen LogP contribution in [0.2, 0.25) is 0 Å². The van der Waals surface area contributed by atoms with Crippen LogP contribution >= 0.6 is 0 Å². The Morgan fingerprint density at radius 3 is 0.879 bits per heavy atom. The molecule has 1 aliphatic heterocycles. The fourth-order valence-electron chi connectivity index (χ4n) is 3.80. The molecule has 3 fully saturated rings. The highest BCUT2D eigenvalue weighted by Crippen LogP contribution is 2.23. The molecular formula is C29H71NO3. The smallest absolute Gasteiger partial charge is 0.0460 e.